The van der Waals surface area contributed by atoms with E-state index >= 15 is 0 Å². The third-order valence-electron chi connectivity index (χ3n) is 4.01. The summed E-state index contributed by atoms with van der Waals surface area (Å²) in [6.45, 7) is 1.79. The van der Waals surface area contributed by atoms with Gasteiger partial charge in [0, 0.05) is 24.8 Å². The fraction of sp³-hybridized carbons (Fsp3) is 0.278. The number of hydrogen-bond donors (Lipinski definition) is 2. The van der Waals surface area contributed by atoms with Crippen LogP contribution in [0, 0.1) is 0 Å². The van der Waals surface area contributed by atoms with Crippen molar-refractivity contribution < 1.29 is 9.59 Å². The summed E-state index contributed by atoms with van der Waals surface area (Å²) in [6.07, 6.45) is 5.09. The van der Waals surface area contributed by atoms with Crippen molar-refractivity contribution in [2.75, 3.05) is 18.0 Å². The lowest BCUT2D eigenvalue weighted by atomic mass is 10.1. The Bertz CT molecular complexity index is 712. The van der Waals surface area contributed by atoms with Gasteiger partial charge in [-0.3, -0.25) is 20.4 Å². The van der Waals surface area contributed by atoms with Gasteiger partial charge in [-0.2, -0.15) is 0 Å². The van der Waals surface area contributed by atoms with Gasteiger partial charge in [-0.1, -0.05) is 18.2 Å². The van der Waals surface area contributed by atoms with E-state index in [9.17, 15) is 9.59 Å². The van der Waals surface area contributed by atoms with Gasteiger partial charge in [0.25, 0.3) is 11.8 Å². The molecular formula is C18H20N4O2. The Labute approximate surface area is 140 Å². The molecule has 0 atom stereocenters. The average Bonchev–Trinajstić information content (AvgIpc) is 2.67. The van der Waals surface area contributed by atoms with Crippen LogP contribution in [0.25, 0.3) is 0 Å². The van der Waals surface area contributed by atoms with Gasteiger partial charge in [0.15, 0.2) is 0 Å². The molecule has 2 N–H and O–H groups in total. The molecule has 0 aliphatic carbocycles. The molecule has 1 fully saturated rings. The molecule has 1 aliphatic rings. The van der Waals surface area contributed by atoms with Crippen LogP contribution in [0.3, 0.4) is 0 Å². The van der Waals surface area contributed by atoms with Crippen LogP contribution >= 0.6 is 0 Å². The first-order valence-electron chi connectivity index (χ1n) is 8.11. The lowest BCUT2D eigenvalue weighted by Crippen LogP contribution is -2.42. The third kappa shape index (κ3) is 3.71. The van der Waals surface area contributed by atoms with Crippen molar-refractivity contribution in [1.82, 2.24) is 15.8 Å². The average molecular weight is 324 g/mol. The Kier molecular flexibility index (Phi) is 5.05. The Balaban J connectivity index is 1.68. The van der Waals surface area contributed by atoms with Crippen molar-refractivity contribution in [2.24, 2.45) is 0 Å². The topological polar surface area (TPSA) is 74.3 Å². The number of amides is 2. The van der Waals surface area contributed by atoms with Crippen LogP contribution in [-0.2, 0) is 0 Å². The number of piperidine rings is 1. The summed E-state index contributed by atoms with van der Waals surface area (Å²) in [6, 6.07) is 12.2. The van der Waals surface area contributed by atoms with Crippen LogP contribution in [0.2, 0.25) is 0 Å². The largest absolute Gasteiger partial charge is 0.356 e. The van der Waals surface area contributed by atoms with Crippen LogP contribution in [-0.4, -0.2) is 29.9 Å². The molecule has 1 aliphatic heterocycles. The van der Waals surface area contributed by atoms with Gasteiger partial charge in [-0.15, -0.1) is 0 Å². The number of hydrazine groups is 1. The van der Waals surface area contributed by atoms with E-state index in [0.717, 1.165) is 25.9 Å². The van der Waals surface area contributed by atoms with Crippen molar-refractivity contribution in [3.63, 3.8) is 0 Å². The second kappa shape index (κ2) is 7.59. The molecule has 124 valence electrons. The number of pyridine rings is 1. The quantitative estimate of drug-likeness (QED) is 0.849. The highest BCUT2D eigenvalue weighted by molar-refractivity contribution is 6.01. The maximum atomic E-state index is 12.5. The molecule has 1 aromatic heterocycles. The molecule has 6 nitrogen and oxygen atoms in total. The fourth-order valence-electron chi connectivity index (χ4n) is 2.77. The van der Waals surface area contributed by atoms with E-state index in [0.29, 0.717) is 16.9 Å². The van der Waals surface area contributed by atoms with Gasteiger partial charge in [0.2, 0.25) is 0 Å². The van der Waals surface area contributed by atoms with Crippen LogP contribution < -0.4 is 15.8 Å². The predicted octanol–water partition coefficient (Wildman–Crippen LogP) is 2.15. The van der Waals surface area contributed by atoms with Gasteiger partial charge >= 0.3 is 0 Å². The normalized spacial score (nSPS) is 14.1. The molecule has 3 rings (SSSR count). The number of anilines is 1. The number of carbonyl (C=O) groups is 2. The molecule has 0 spiro atoms. The zero-order valence-corrected chi connectivity index (χ0v) is 13.4. The van der Waals surface area contributed by atoms with Gasteiger partial charge in [-0.05, 0) is 43.5 Å². The molecule has 6 heteroatoms. The van der Waals surface area contributed by atoms with Crippen molar-refractivity contribution in [2.45, 2.75) is 19.3 Å². The summed E-state index contributed by atoms with van der Waals surface area (Å²) in [7, 11) is 0. The van der Waals surface area contributed by atoms with Crippen LogP contribution in [0.15, 0.2) is 48.7 Å². The van der Waals surface area contributed by atoms with Crippen LogP contribution in [0.1, 0.15) is 40.0 Å². The molecule has 2 amide bonds. The van der Waals surface area contributed by atoms with Crippen molar-refractivity contribution >= 4 is 17.6 Å². The van der Waals surface area contributed by atoms with E-state index in [1.807, 2.05) is 6.07 Å². The summed E-state index contributed by atoms with van der Waals surface area (Å²) >= 11 is 0. The van der Waals surface area contributed by atoms with Gasteiger partial charge in [-0.25, -0.2) is 4.98 Å². The predicted molar refractivity (Wildman–Crippen MR) is 91.7 cm³/mol. The summed E-state index contributed by atoms with van der Waals surface area (Å²) in [5.41, 5.74) is 5.87. The van der Waals surface area contributed by atoms with Crippen molar-refractivity contribution in [1.29, 1.82) is 0 Å². The molecule has 0 unspecified atom stereocenters. The van der Waals surface area contributed by atoms with Gasteiger partial charge in [0.05, 0.1) is 5.56 Å². The molecule has 24 heavy (non-hydrogen) atoms. The number of nitrogens with zero attached hydrogens (tertiary/aromatic N) is 2. The number of benzene rings is 1. The monoisotopic (exact) mass is 324 g/mol. The fourth-order valence-corrected chi connectivity index (χ4v) is 2.77. The first kappa shape index (κ1) is 16.0. The van der Waals surface area contributed by atoms with Crippen LogP contribution in [0.5, 0.6) is 0 Å². The minimum absolute atomic E-state index is 0.354. The second-order valence-corrected chi connectivity index (χ2v) is 5.70. The second-order valence-electron chi connectivity index (χ2n) is 5.70. The summed E-state index contributed by atoms with van der Waals surface area (Å²) in [5.74, 6) is -0.0519. The standard InChI is InChI=1S/C18H20N4O2/c23-17(14-8-3-1-4-9-14)20-21-18(24)15-10-7-11-19-16(15)22-12-5-2-6-13-22/h1,3-4,7-11H,2,5-6,12-13H2,(H,20,23)(H,21,24). The Morgan fingerprint density at radius 1 is 0.875 bits per heavy atom. The van der Waals surface area contributed by atoms with E-state index in [4.69, 9.17) is 0 Å². The number of hydrogen-bond acceptors (Lipinski definition) is 4. The lowest BCUT2D eigenvalue weighted by Gasteiger charge is -2.29. The first-order valence-corrected chi connectivity index (χ1v) is 8.11. The molecule has 0 saturated carbocycles. The minimum atomic E-state index is -0.368. The molecule has 1 aromatic carbocycles. The number of carbonyl (C=O) groups excluding carboxylic acids is 2. The maximum Gasteiger partial charge on any atom is 0.273 e. The van der Waals surface area contributed by atoms with Gasteiger partial charge in [0.1, 0.15) is 5.82 Å². The highest BCUT2D eigenvalue weighted by Gasteiger charge is 2.19. The molecular weight excluding hydrogens is 304 g/mol. The lowest BCUT2D eigenvalue weighted by molar-refractivity contribution is 0.0846. The molecule has 0 radical (unpaired) electrons. The van der Waals surface area contributed by atoms with E-state index in [-0.39, 0.29) is 11.8 Å². The Morgan fingerprint density at radius 3 is 2.33 bits per heavy atom. The van der Waals surface area contributed by atoms with E-state index in [1.165, 1.54) is 6.42 Å². The molecule has 2 aromatic rings. The maximum absolute atomic E-state index is 12.5. The highest BCUT2D eigenvalue weighted by atomic mass is 16.2. The smallest absolute Gasteiger partial charge is 0.273 e. The Morgan fingerprint density at radius 2 is 1.58 bits per heavy atom. The van der Waals surface area contributed by atoms with Crippen LogP contribution in [0.4, 0.5) is 5.82 Å². The minimum Gasteiger partial charge on any atom is -0.356 e. The zero-order valence-electron chi connectivity index (χ0n) is 13.4. The molecule has 2 heterocycles. The van der Waals surface area contributed by atoms with E-state index < -0.39 is 0 Å². The zero-order chi connectivity index (χ0) is 16.8. The van der Waals surface area contributed by atoms with E-state index in [2.05, 4.69) is 20.7 Å². The number of aromatic nitrogens is 1. The van der Waals surface area contributed by atoms with E-state index in [1.54, 1.807) is 42.6 Å². The summed E-state index contributed by atoms with van der Waals surface area (Å²) < 4.78 is 0. The summed E-state index contributed by atoms with van der Waals surface area (Å²) in [5, 5.41) is 0. The SMILES string of the molecule is O=C(NNC(=O)c1cccnc1N1CCCCC1)c1ccccc1. The number of rotatable bonds is 3. The van der Waals surface area contributed by atoms with Crippen molar-refractivity contribution in [3.05, 3.63) is 59.8 Å². The number of nitrogens with one attached hydrogen (secondary N) is 2. The van der Waals surface area contributed by atoms with Gasteiger partial charge < -0.3 is 4.90 Å². The third-order valence-corrected chi connectivity index (χ3v) is 4.01. The first-order chi connectivity index (χ1) is 11.8. The van der Waals surface area contributed by atoms with Crippen molar-refractivity contribution in [3.8, 4) is 0 Å². The Hall–Kier alpha value is -2.89. The molecule has 1 saturated heterocycles. The summed E-state index contributed by atoms with van der Waals surface area (Å²) in [4.78, 5) is 31.0. The molecule has 0 bridgehead atoms. The highest BCUT2D eigenvalue weighted by Crippen LogP contribution is 2.21.